The number of amides is 1. The number of imidazole rings is 1. The van der Waals surface area contributed by atoms with E-state index in [4.69, 9.17) is 0 Å². The van der Waals surface area contributed by atoms with Crippen molar-refractivity contribution < 1.29 is 4.79 Å². The first kappa shape index (κ1) is 12.6. The molecule has 0 bridgehead atoms. The predicted octanol–water partition coefficient (Wildman–Crippen LogP) is 2.71. The molecule has 0 spiro atoms. The maximum atomic E-state index is 11.9. The molecule has 17 heavy (non-hydrogen) atoms. The Bertz CT molecular complexity index is 528. The van der Waals surface area contributed by atoms with Crippen LogP contribution >= 0.6 is 38.5 Å². The first-order valence-electron chi connectivity index (χ1n) is 4.87. The van der Waals surface area contributed by atoms with Crippen molar-refractivity contribution in [1.29, 1.82) is 0 Å². The quantitative estimate of drug-likeness (QED) is 0.771. The van der Waals surface area contributed by atoms with Crippen LogP contribution in [0.1, 0.15) is 16.1 Å². The van der Waals surface area contributed by atoms with Crippen LogP contribution in [0.4, 0.5) is 0 Å². The van der Waals surface area contributed by atoms with E-state index in [0.717, 1.165) is 13.7 Å². The van der Waals surface area contributed by atoms with Gasteiger partial charge in [0, 0.05) is 14.2 Å². The summed E-state index contributed by atoms with van der Waals surface area (Å²) >= 11 is 5.50. The van der Waals surface area contributed by atoms with Crippen molar-refractivity contribution in [1.82, 2.24) is 15.3 Å². The maximum Gasteiger partial charge on any atom is 0.252 e. The highest BCUT2D eigenvalue weighted by Gasteiger charge is 2.10. The number of H-pyrrole nitrogens is 1. The number of nitrogens with one attached hydrogen (secondary N) is 2. The Morgan fingerprint density at radius 3 is 3.06 bits per heavy atom. The van der Waals surface area contributed by atoms with Gasteiger partial charge in [0.15, 0.2) is 0 Å². The average Bonchev–Trinajstić information content (AvgIpc) is 2.82. The van der Waals surface area contributed by atoms with Crippen LogP contribution in [-0.4, -0.2) is 15.9 Å². The summed E-state index contributed by atoms with van der Waals surface area (Å²) in [5.41, 5.74) is 1.54. The Balaban J connectivity index is 2.07. The van der Waals surface area contributed by atoms with Crippen LogP contribution in [-0.2, 0) is 6.54 Å². The fraction of sp³-hybridized carbons (Fsp3) is 0.0909. The number of aromatic nitrogens is 2. The van der Waals surface area contributed by atoms with E-state index < -0.39 is 0 Å². The highest BCUT2D eigenvalue weighted by molar-refractivity contribution is 14.1. The molecule has 0 aliphatic heterocycles. The molecule has 1 aromatic heterocycles. The van der Waals surface area contributed by atoms with Crippen molar-refractivity contribution in [2.45, 2.75) is 6.54 Å². The smallest absolute Gasteiger partial charge is 0.252 e. The van der Waals surface area contributed by atoms with Gasteiger partial charge in [0.25, 0.3) is 5.91 Å². The van der Waals surface area contributed by atoms with Gasteiger partial charge in [-0.15, -0.1) is 0 Å². The van der Waals surface area contributed by atoms with Gasteiger partial charge in [-0.1, -0.05) is 15.9 Å². The topological polar surface area (TPSA) is 57.8 Å². The second kappa shape index (κ2) is 5.63. The molecule has 0 radical (unpaired) electrons. The van der Waals surface area contributed by atoms with E-state index in [9.17, 15) is 4.79 Å². The molecule has 4 nitrogen and oxygen atoms in total. The third-order valence-electron chi connectivity index (χ3n) is 2.17. The third kappa shape index (κ3) is 3.29. The summed E-state index contributed by atoms with van der Waals surface area (Å²) in [6.45, 7) is 0.446. The highest BCUT2D eigenvalue weighted by atomic mass is 127. The van der Waals surface area contributed by atoms with Crippen molar-refractivity contribution in [2.24, 2.45) is 0 Å². The molecule has 0 saturated carbocycles. The molecule has 88 valence electrons. The molecule has 0 fully saturated rings. The number of carbonyl (C=O) groups excluding carboxylic acids is 1. The first-order valence-corrected chi connectivity index (χ1v) is 6.74. The SMILES string of the molecule is O=C(NCc1cnc[nH]1)c1cc(Br)ccc1I. The number of carbonyl (C=O) groups is 1. The molecular weight excluding hydrogens is 397 g/mol. The van der Waals surface area contributed by atoms with E-state index in [2.05, 4.69) is 53.8 Å². The van der Waals surface area contributed by atoms with Crippen LogP contribution < -0.4 is 5.32 Å². The minimum Gasteiger partial charge on any atom is -0.347 e. The van der Waals surface area contributed by atoms with E-state index in [1.807, 2.05) is 18.2 Å². The molecule has 1 aromatic carbocycles. The number of halogens is 2. The van der Waals surface area contributed by atoms with Gasteiger partial charge in [-0.3, -0.25) is 4.79 Å². The normalized spacial score (nSPS) is 10.2. The molecule has 2 aromatic rings. The van der Waals surface area contributed by atoms with Gasteiger partial charge in [0.05, 0.1) is 24.1 Å². The highest BCUT2D eigenvalue weighted by Crippen LogP contribution is 2.18. The van der Waals surface area contributed by atoms with Crippen molar-refractivity contribution in [3.63, 3.8) is 0 Å². The Kier molecular flexibility index (Phi) is 4.16. The monoisotopic (exact) mass is 405 g/mol. The van der Waals surface area contributed by atoms with Gasteiger partial charge < -0.3 is 10.3 Å². The number of aromatic amines is 1. The fourth-order valence-electron chi connectivity index (χ4n) is 1.32. The van der Waals surface area contributed by atoms with Gasteiger partial charge >= 0.3 is 0 Å². The molecule has 6 heteroatoms. The van der Waals surface area contributed by atoms with Crippen LogP contribution in [0.2, 0.25) is 0 Å². The van der Waals surface area contributed by atoms with Crippen molar-refractivity contribution in [2.75, 3.05) is 0 Å². The summed E-state index contributed by atoms with van der Waals surface area (Å²) in [6.07, 6.45) is 3.27. The summed E-state index contributed by atoms with van der Waals surface area (Å²) < 4.78 is 1.82. The molecule has 0 aliphatic carbocycles. The number of hydrogen-bond donors (Lipinski definition) is 2. The molecule has 0 aliphatic rings. The molecule has 2 rings (SSSR count). The zero-order valence-electron chi connectivity index (χ0n) is 8.71. The standard InChI is InChI=1S/C11H9BrIN3O/c12-7-1-2-10(13)9(3-7)11(17)15-5-8-4-14-6-16-8/h1-4,6H,5H2,(H,14,16)(H,15,17). The molecule has 1 amide bonds. The minimum atomic E-state index is -0.0923. The lowest BCUT2D eigenvalue weighted by Gasteiger charge is -2.06. The van der Waals surface area contributed by atoms with E-state index in [1.165, 1.54) is 0 Å². The lowest BCUT2D eigenvalue weighted by molar-refractivity contribution is 0.0949. The lowest BCUT2D eigenvalue weighted by Crippen LogP contribution is -2.23. The summed E-state index contributed by atoms with van der Waals surface area (Å²) in [5.74, 6) is -0.0923. The molecule has 1 heterocycles. The average molecular weight is 406 g/mol. The summed E-state index contributed by atoms with van der Waals surface area (Å²) in [6, 6.07) is 5.62. The van der Waals surface area contributed by atoms with E-state index in [0.29, 0.717) is 12.1 Å². The van der Waals surface area contributed by atoms with Crippen molar-refractivity contribution >= 4 is 44.4 Å². The maximum absolute atomic E-state index is 11.9. The summed E-state index contributed by atoms with van der Waals surface area (Å²) in [5, 5.41) is 2.83. The first-order chi connectivity index (χ1) is 8.16. The van der Waals surface area contributed by atoms with Gasteiger partial charge in [-0.05, 0) is 40.8 Å². The van der Waals surface area contributed by atoms with Gasteiger partial charge in [-0.25, -0.2) is 4.98 Å². The zero-order valence-corrected chi connectivity index (χ0v) is 12.4. The summed E-state index contributed by atoms with van der Waals surface area (Å²) in [4.78, 5) is 18.8. The van der Waals surface area contributed by atoms with Crippen molar-refractivity contribution in [3.8, 4) is 0 Å². The predicted molar refractivity (Wildman–Crippen MR) is 76.6 cm³/mol. The Labute approximate surface area is 120 Å². The Morgan fingerprint density at radius 1 is 1.53 bits per heavy atom. The minimum absolute atomic E-state index is 0.0923. The molecular formula is C11H9BrIN3O. The van der Waals surface area contributed by atoms with Crippen LogP contribution in [0.5, 0.6) is 0 Å². The number of hydrogen-bond acceptors (Lipinski definition) is 2. The van der Waals surface area contributed by atoms with Crippen LogP contribution in [0.3, 0.4) is 0 Å². The third-order valence-corrected chi connectivity index (χ3v) is 3.60. The Hall–Kier alpha value is -0.890. The van der Waals surface area contributed by atoms with Gasteiger partial charge in [-0.2, -0.15) is 0 Å². The Morgan fingerprint density at radius 2 is 2.35 bits per heavy atom. The van der Waals surface area contributed by atoms with Crippen LogP contribution in [0.15, 0.2) is 35.2 Å². The largest absolute Gasteiger partial charge is 0.347 e. The van der Waals surface area contributed by atoms with Gasteiger partial charge in [0.2, 0.25) is 0 Å². The number of rotatable bonds is 3. The summed E-state index contributed by atoms with van der Waals surface area (Å²) in [7, 11) is 0. The number of benzene rings is 1. The van der Waals surface area contributed by atoms with Crippen LogP contribution in [0.25, 0.3) is 0 Å². The second-order valence-corrected chi connectivity index (χ2v) is 5.46. The van der Waals surface area contributed by atoms with Crippen molar-refractivity contribution in [3.05, 3.63) is 50.0 Å². The van der Waals surface area contributed by atoms with E-state index >= 15 is 0 Å². The van der Waals surface area contributed by atoms with Gasteiger partial charge in [0.1, 0.15) is 0 Å². The van der Waals surface area contributed by atoms with E-state index in [1.54, 1.807) is 12.5 Å². The molecule has 0 unspecified atom stereocenters. The molecule has 0 atom stereocenters. The zero-order chi connectivity index (χ0) is 12.3. The molecule has 0 saturated heterocycles. The second-order valence-electron chi connectivity index (χ2n) is 3.38. The number of nitrogens with zero attached hydrogens (tertiary/aromatic N) is 1. The van der Waals surface area contributed by atoms with Crippen LogP contribution in [0, 0.1) is 3.57 Å². The lowest BCUT2D eigenvalue weighted by atomic mass is 10.2. The van der Waals surface area contributed by atoms with E-state index in [-0.39, 0.29) is 5.91 Å². The molecule has 2 N–H and O–H groups in total. The fourth-order valence-corrected chi connectivity index (χ4v) is 2.27.